The molecule has 0 heterocycles. The largest absolute Gasteiger partial charge is 0.295 e. The summed E-state index contributed by atoms with van der Waals surface area (Å²) in [4.78, 5) is 21.2. The van der Waals surface area contributed by atoms with Gasteiger partial charge in [-0.05, 0) is 18.9 Å². The zero-order valence-corrected chi connectivity index (χ0v) is 8.95. The van der Waals surface area contributed by atoms with Crippen LogP contribution in [-0.4, -0.2) is 16.7 Å². The van der Waals surface area contributed by atoms with Gasteiger partial charge in [0.05, 0.1) is 0 Å². The molecule has 0 spiro atoms. The lowest BCUT2D eigenvalue weighted by Crippen LogP contribution is -2.17. The van der Waals surface area contributed by atoms with Crippen molar-refractivity contribution in [1.82, 2.24) is 0 Å². The van der Waals surface area contributed by atoms with Gasteiger partial charge >= 0.3 is 0 Å². The van der Waals surface area contributed by atoms with Gasteiger partial charge in [-0.3, -0.25) is 14.9 Å². The van der Waals surface area contributed by atoms with E-state index in [-0.39, 0.29) is 17.1 Å². The molecule has 0 aliphatic rings. The molecule has 0 aromatic rings. The summed E-state index contributed by atoms with van der Waals surface area (Å²) in [6, 6.07) is -0.679. The molecule has 0 aliphatic heterocycles. The number of unbranched alkanes of at least 4 members (excludes halogenated alkanes) is 1. The Morgan fingerprint density at radius 1 is 1.57 bits per heavy atom. The zero-order valence-electron chi connectivity index (χ0n) is 8.95. The van der Waals surface area contributed by atoms with Gasteiger partial charge in [-0.1, -0.05) is 19.4 Å². The van der Waals surface area contributed by atoms with Crippen LogP contribution in [0.15, 0.2) is 11.6 Å². The molecule has 0 aromatic heterocycles. The average Bonchev–Trinajstić information content (AvgIpc) is 2.10. The van der Waals surface area contributed by atoms with Gasteiger partial charge in [-0.15, -0.1) is 0 Å². The van der Waals surface area contributed by atoms with Gasteiger partial charge in [0.2, 0.25) is 6.04 Å². The maximum atomic E-state index is 11.1. The summed E-state index contributed by atoms with van der Waals surface area (Å²) in [5.74, 6) is -0.0628. The molecule has 14 heavy (non-hydrogen) atoms. The van der Waals surface area contributed by atoms with E-state index >= 15 is 0 Å². The molecule has 80 valence electrons. The number of hydrogen-bond acceptors (Lipinski definition) is 3. The van der Waals surface area contributed by atoms with Crippen LogP contribution in [0.1, 0.15) is 40.0 Å². The van der Waals surface area contributed by atoms with Crippen molar-refractivity contribution in [2.75, 3.05) is 0 Å². The highest BCUT2D eigenvalue weighted by molar-refractivity contribution is 5.93. The fourth-order valence-corrected chi connectivity index (χ4v) is 1.08. The molecule has 0 rings (SSSR count). The molecule has 4 nitrogen and oxygen atoms in total. The van der Waals surface area contributed by atoms with E-state index in [4.69, 9.17) is 0 Å². The third-order valence-corrected chi connectivity index (χ3v) is 2.01. The Kier molecular flexibility index (Phi) is 5.76. The normalized spacial score (nSPS) is 13.8. The first-order valence-corrected chi connectivity index (χ1v) is 4.82. The van der Waals surface area contributed by atoms with Gasteiger partial charge in [0.1, 0.15) is 0 Å². The average molecular weight is 199 g/mol. The fraction of sp³-hybridized carbons (Fsp3) is 0.700. The maximum Gasteiger partial charge on any atom is 0.214 e. The van der Waals surface area contributed by atoms with Gasteiger partial charge in [0.25, 0.3) is 0 Å². The van der Waals surface area contributed by atoms with E-state index in [0.29, 0.717) is 5.57 Å². The first kappa shape index (κ1) is 12.8. The summed E-state index contributed by atoms with van der Waals surface area (Å²) >= 11 is 0. The fourth-order valence-electron chi connectivity index (χ4n) is 1.08. The maximum absolute atomic E-state index is 11.1. The number of nitrogens with zero attached hydrogens (tertiary/aromatic N) is 1. The number of nitro groups is 1. The lowest BCUT2D eigenvalue weighted by molar-refractivity contribution is -0.517. The van der Waals surface area contributed by atoms with Gasteiger partial charge < -0.3 is 0 Å². The second-order valence-electron chi connectivity index (χ2n) is 3.41. The first-order chi connectivity index (χ1) is 6.49. The second kappa shape index (κ2) is 6.29. The van der Waals surface area contributed by atoms with E-state index in [1.165, 1.54) is 13.8 Å². The predicted molar refractivity (Wildman–Crippen MR) is 54.7 cm³/mol. The summed E-state index contributed by atoms with van der Waals surface area (Å²) in [7, 11) is 0. The van der Waals surface area contributed by atoms with Crippen LogP contribution in [0.2, 0.25) is 0 Å². The highest BCUT2D eigenvalue weighted by Gasteiger charge is 2.17. The van der Waals surface area contributed by atoms with Crippen molar-refractivity contribution in [3.8, 4) is 0 Å². The van der Waals surface area contributed by atoms with Crippen molar-refractivity contribution in [2.24, 2.45) is 0 Å². The highest BCUT2D eigenvalue weighted by atomic mass is 16.6. The van der Waals surface area contributed by atoms with Crippen molar-refractivity contribution in [2.45, 2.75) is 46.1 Å². The minimum Gasteiger partial charge on any atom is -0.295 e. The number of rotatable bonds is 6. The monoisotopic (exact) mass is 199 g/mol. The lowest BCUT2D eigenvalue weighted by atomic mass is 10.0. The van der Waals surface area contributed by atoms with Crippen molar-refractivity contribution in [3.05, 3.63) is 21.8 Å². The Hall–Kier alpha value is -1.19. The molecule has 0 radical (unpaired) electrons. The Morgan fingerprint density at radius 2 is 2.14 bits per heavy atom. The molecular weight excluding hydrogens is 182 g/mol. The molecule has 1 atom stereocenters. The van der Waals surface area contributed by atoms with E-state index in [1.54, 1.807) is 0 Å². The van der Waals surface area contributed by atoms with Crippen LogP contribution in [0.25, 0.3) is 0 Å². The molecule has 0 N–H and O–H groups in total. The zero-order chi connectivity index (χ0) is 11.1. The summed E-state index contributed by atoms with van der Waals surface area (Å²) in [5, 5.41) is 10.4. The van der Waals surface area contributed by atoms with Crippen LogP contribution < -0.4 is 0 Å². The van der Waals surface area contributed by atoms with Crippen LogP contribution >= 0.6 is 0 Å². The van der Waals surface area contributed by atoms with Crippen LogP contribution in [0.3, 0.4) is 0 Å². The molecular formula is C10H17NO3. The van der Waals surface area contributed by atoms with Crippen LogP contribution in [0.5, 0.6) is 0 Å². The number of ketones is 1. The number of Topliss-reactive ketones (excluding diaryl/α,β-unsaturated/α-hetero) is 1. The molecule has 0 aliphatic carbocycles. The molecule has 0 aromatic carbocycles. The van der Waals surface area contributed by atoms with Crippen molar-refractivity contribution >= 4 is 5.78 Å². The van der Waals surface area contributed by atoms with E-state index in [0.717, 1.165) is 12.8 Å². The number of hydrogen-bond donors (Lipinski definition) is 0. The number of carbonyl (C=O) groups is 1. The summed E-state index contributed by atoms with van der Waals surface area (Å²) in [6.45, 7) is 4.97. The van der Waals surface area contributed by atoms with Crippen molar-refractivity contribution < 1.29 is 9.72 Å². The lowest BCUT2D eigenvalue weighted by Gasteiger charge is -2.05. The molecule has 0 bridgehead atoms. The predicted octanol–water partition coefficient (Wildman–Crippen LogP) is 2.36. The van der Waals surface area contributed by atoms with Gasteiger partial charge in [-0.25, -0.2) is 0 Å². The first-order valence-electron chi connectivity index (χ1n) is 4.82. The molecule has 0 fully saturated rings. The Morgan fingerprint density at radius 3 is 2.50 bits per heavy atom. The van der Waals surface area contributed by atoms with Gasteiger partial charge in [0.15, 0.2) is 5.78 Å². The third-order valence-electron chi connectivity index (χ3n) is 2.01. The minimum absolute atomic E-state index is 0.0628. The molecule has 0 amide bonds. The Labute approximate surface area is 84.1 Å². The van der Waals surface area contributed by atoms with E-state index < -0.39 is 6.04 Å². The molecule has 0 saturated heterocycles. The molecule has 4 heteroatoms. The van der Waals surface area contributed by atoms with Crippen molar-refractivity contribution in [1.29, 1.82) is 0 Å². The topological polar surface area (TPSA) is 60.2 Å². The van der Waals surface area contributed by atoms with Crippen LogP contribution in [0, 0.1) is 10.1 Å². The standard InChI is InChI=1S/C10H17NO3/c1-4-5-6-10(9(3)12)7-8(2)11(13)14/h6,8H,4-5,7H2,1-3H3/b10-6+. The smallest absolute Gasteiger partial charge is 0.214 e. The summed E-state index contributed by atoms with van der Waals surface area (Å²) in [5.41, 5.74) is 0.580. The SMILES string of the molecule is CCC/C=C(\CC(C)[N+](=O)[O-])C(C)=O. The highest BCUT2D eigenvalue weighted by Crippen LogP contribution is 2.10. The summed E-state index contributed by atoms with van der Waals surface area (Å²) < 4.78 is 0. The number of carbonyl (C=O) groups excluding carboxylic acids is 1. The van der Waals surface area contributed by atoms with Crippen LogP contribution in [0.4, 0.5) is 0 Å². The number of allylic oxidation sites excluding steroid dienone is 1. The van der Waals surface area contributed by atoms with E-state index in [9.17, 15) is 14.9 Å². The summed E-state index contributed by atoms with van der Waals surface area (Å²) in [6.07, 6.45) is 3.80. The quantitative estimate of drug-likeness (QED) is 0.375. The molecule has 1 unspecified atom stereocenters. The van der Waals surface area contributed by atoms with Gasteiger partial charge in [0, 0.05) is 18.3 Å². The van der Waals surface area contributed by atoms with E-state index in [1.807, 2.05) is 13.0 Å². The van der Waals surface area contributed by atoms with Crippen molar-refractivity contribution in [3.63, 3.8) is 0 Å². The second-order valence-corrected chi connectivity index (χ2v) is 3.41. The van der Waals surface area contributed by atoms with Crippen LogP contribution in [-0.2, 0) is 4.79 Å². The minimum atomic E-state index is -0.679. The van der Waals surface area contributed by atoms with Gasteiger partial charge in [-0.2, -0.15) is 0 Å². The molecule has 0 saturated carbocycles. The van der Waals surface area contributed by atoms with E-state index in [2.05, 4.69) is 0 Å². The third kappa shape index (κ3) is 4.74. The Balaban J connectivity index is 4.38. The Bertz CT molecular complexity index is 246.